The van der Waals surface area contributed by atoms with Gasteiger partial charge in [-0.2, -0.15) is 0 Å². The predicted octanol–water partition coefficient (Wildman–Crippen LogP) is 2.24. The van der Waals surface area contributed by atoms with Crippen LogP contribution < -0.4 is 5.32 Å². The summed E-state index contributed by atoms with van der Waals surface area (Å²) < 4.78 is 15.4. The van der Waals surface area contributed by atoms with E-state index in [1.54, 1.807) is 20.2 Å². The molecular weight excluding hydrogens is 310 g/mol. The minimum absolute atomic E-state index is 0.0902. The molecule has 2 rings (SSSR count). The molecule has 0 spiro atoms. The first-order valence-electron chi connectivity index (χ1n) is 7.55. The lowest BCUT2D eigenvalue weighted by Crippen LogP contribution is -2.24. The van der Waals surface area contributed by atoms with Crippen molar-refractivity contribution in [2.24, 2.45) is 0 Å². The Morgan fingerprint density at radius 3 is 2.50 bits per heavy atom. The Labute approximate surface area is 141 Å². The molecule has 0 radical (unpaired) electrons. The number of rotatable bonds is 6. The number of benzene rings is 1. The maximum atomic E-state index is 12.3. The van der Waals surface area contributed by atoms with Crippen LogP contribution in [-0.2, 0) is 23.8 Å². The minimum atomic E-state index is -0.491. The maximum absolute atomic E-state index is 12.3. The first-order valence-corrected chi connectivity index (χ1v) is 7.55. The second-order valence-corrected chi connectivity index (χ2v) is 5.32. The number of nitrogens with one attached hydrogen (secondary N) is 1. The number of hydrogen-bond donors (Lipinski definition) is 1. The minimum Gasteiger partial charge on any atom is -0.466 e. The van der Waals surface area contributed by atoms with Gasteiger partial charge in [0.05, 0.1) is 18.3 Å². The van der Waals surface area contributed by atoms with Crippen molar-refractivity contribution < 1.29 is 23.8 Å². The molecule has 6 heteroatoms. The zero-order valence-corrected chi connectivity index (χ0v) is 14.0. The van der Waals surface area contributed by atoms with E-state index in [0.29, 0.717) is 16.8 Å². The Bertz CT molecular complexity index is 663. The molecule has 0 saturated carbocycles. The fraction of sp³-hybridized carbons (Fsp3) is 0.333. The van der Waals surface area contributed by atoms with Gasteiger partial charge in [0.15, 0.2) is 0 Å². The van der Waals surface area contributed by atoms with E-state index >= 15 is 0 Å². The quantitative estimate of drug-likeness (QED) is 0.806. The lowest BCUT2D eigenvalue weighted by atomic mass is 10.0. The summed E-state index contributed by atoms with van der Waals surface area (Å²) >= 11 is 0. The highest BCUT2D eigenvalue weighted by molar-refractivity contribution is 5.95. The van der Waals surface area contributed by atoms with Gasteiger partial charge in [-0.3, -0.25) is 0 Å². The van der Waals surface area contributed by atoms with Gasteiger partial charge < -0.3 is 19.5 Å². The molecule has 1 aliphatic rings. The lowest BCUT2D eigenvalue weighted by molar-refractivity contribution is -0.143. The third kappa shape index (κ3) is 4.23. The van der Waals surface area contributed by atoms with E-state index in [2.05, 4.69) is 5.32 Å². The highest BCUT2D eigenvalue weighted by Crippen LogP contribution is 2.22. The molecule has 0 aliphatic carbocycles. The number of hydrogen-bond acceptors (Lipinski definition) is 6. The molecule has 1 unspecified atom stereocenters. The fourth-order valence-corrected chi connectivity index (χ4v) is 2.35. The molecule has 24 heavy (non-hydrogen) atoms. The number of carbonyl (C=O) groups excluding carboxylic acids is 2. The Morgan fingerprint density at radius 2 is 1.88 bits per heavy atom. The van der Waals surface area contributed by atoms with E-state index in [4.69, 9.17) is 14.2 Å². The zero-order valence-electron chi connectivity index (χ0n) is 14.0. The van der Waals surface area contributed by atoms with E-state index in [1.165, 1.54) is 7.11 Å². The van der Waals surface area contributed by atoms with E-state index < -0.39 is 11.9 Å². The second kappa shape index (κ2) is 8.31. The number of allylic oxidation sites excluding steroid dienone is 1. The van der Waals surface area contributed by atoms with Gasteiger partial charge in [-0.1, -0.05) is 30.3 Å². The lowest BCUT2D eigenvalue weighted by Gasteiger charge is -2.19. The molecule has 0 saturated heterocycles. The van der Waals surface area contributed by atoms with Gasteiger partial charge in [-0.15, -0.1) is 0 Å². The Balaban J connectivity index is 1.97. The van der Waals surface area contributed by atoms with Crippen LogP contribution in [0.3, 0.4) is 0 Å². The van der Waals surface area contributed by atoms with Crippen molar-refractivity contribution in [3.63, 3.8) is 0 Å². The molecular formula is C18H21NO5. The van der Waals surface area contributed by atoms with Crippen LogP contribution >= 0.6 is 0 Å². The van der Waals surface area contributed by atoms with Crippen LogP contribution in [0.4, 0.5) is 0 Å². The first kappa shape index (κ1) is 17.7. The molecule has 1 aromatic carbocycles. The topological polar surface area (TPSA) is 73.9 Å². The molecule has 1 atom stereocenters. The molecule has 0 amide bonds. The third-order valence-electron chi connectivity index (χ3n) is 3.80. The summed E-state index contributed by atoms with van der Waals surface area (Å²) in [5, 5.41) is 2.90. The van der Waals surface area contributed by atoms with Crippen molar-refractivity contribution in [1.29, 1.82) is 0 Å². The summed E-state index contributed by atoms with van der Waals surface area (Å²) in [6.45, 7) is 1.84. The van der Waals surface area contributed by atoms with Gasteiger partial charge in [0.2, 0.25) is 0 Å². The number of ether oxygens (including phenoxy) is 3. The normalized spacial score (nSPS) is 15.2. The van der Waals surface area contributed by atoms with E-state index in [0.717, 1.165) is 5.56 Å². The molecule has 1 N–H and O–H groups in total. The van der Waals surface area contributed by atoms with Crippen LogP contribution in [0.2, 0.25) is 0 Å². The molecule has 1 aromatic rings. The van der Waals surface area contributed by atoms with Crippen LogP contribution in [-0.4, -0.2) is 32.8 Å². The smallest absolute Gasteiger partial charge is 0.335 e. The van der Waals surface area contributed by atoms with Gasteiger partial charge in [0.25, 0.3) is 0 Å². The summed E-state index contributed by atoms with van der Waals surface area (Å²) in [6, 6.07) is 9.51. The van der Waals surface area contributed by atoms with Crippen molar-refractivity contribution in [1.82, 2.24) is 5.32 Å². The standard InChI is InChI=1S/C18H21NO5/c1-12-15(18(21)23-3)9-14(10-19-12)17(20)24-11-16(22-2)13-7-5-4-6-8-13/h4-8,10,16,19H,9,11H2,1-3H3. The van der Waals surface area contributed by atoms with Gasteiger partial charge in [-0.25, -0.2) is 9.59 Å². The first-order chi connectivity index (χ1) is 11.6. The van der Waals surface area contributed by atoms with Crippen LogP contribution in [0.25, 0.3) is 0 Å². The summed E-state index contributed by atoms with van der Waals surface area (Å²) in [6.07, 6.45) is 1.38. The summed E-state index contributed by atoms with van der Waals surface area (Å²) in [5.74, 6) is -0.952. The summed E-state index contributed by atoms with van der Waals surface area (Å²) in [4.78, 5) is 24.0. The van der Waals surface area contributed by atoms with Crippen molar-refractivity contribution in [3.05, 3.63) is 58.9 Å². The van der Waals surface area contributed by atoms with Crippen LogP contribution in [0.5, 0.6) is 0 Å². The predicted molar refractivity (Wildman–Crippen MR) is 87.7 cm³/mol. The number of esters is 2. The molecule has 128 valence electrons. The molecule has 0 bridgehead atoms. The molecule has 0 aromatic heterocycles. The average Bonchev–Trinajstić information content (AvgIpc) is 2.62. The van der Waals surface area contributed by atoms with Crippen molar-refractivity contribution in [2.45, 2.75) is 19.4 Å². The van der Waals surface area contributed by atoms with Gasteiger partial charge >= 0.3 is 11.9 Å². The summed E-state index contributed by atoms with van der Waals surface area (Å²) in [5.41, 5.74) is 2.37. The van der Waals surface area contributed by atoms with E-state index in [-0.39, 0.29) is 19.1 Å². The van der Waals surface area contributed by atoms with Crippen LogP contribution in [0.15, 0.2) is 53.4 Å². The van der Waals surface area contributed by atoms with Crippen molar-refractivity contribution in [3.8, 4) is 0 Å². The van der Waals surface area contributed by atoms with Gasteiger partial charge in [0, 0.05) is 25.4 Å². The Hall–Kier alpha value is -2.60. The largest absolute Gasteiger partial charge is 0.466 e. The highest BCUT2D eigenvalue weighted by atomic mass is 16.6. The van der Waals surface area contributed by atoms with E-state index in [9.17, 15) is 9.59 Å². The second-order valence-electron chi connectivity index (χ2n) is 5.32. The maximum Gasteiger partial charge on any atom is 0.335 e. The molecule has 6 nitrogen and oxygen atoms in total. The molecule has 0 fully saturated rings. The molecule has 1 aliphatic heterocycles. The fourth-order valence-electron chi connectivity index (χ4n) is 2.35. The van der Waals surface area contributed by atoms with Crippen molar-refractivity contribution in [2.75, 3.05) is 20.8 Å². The van der Waals surface area contributed by atoms with Gasteiger partial charge in [-0.05, 0) is 12.5 Å². The number of methoxy groups -OCH3 is 2. The number of carbonyl (C=O) groups is 2. The van der Waals surface area contributed by atoms with Gasteiger partial charge in [0.1, 0.15) is 12.7 Å². The van der Waals surface area contributed by atoms with Crippen molar-refractivity contribution >= 4 is 11.9 Å². The SMILES string of the molecule is COC(=O)C1=C(C)NC=C(C(=O)OCC(OC)c2ccccc2)C1. The third-order valence-corrected chi connectivity index (χ3v) is 3.80. The van der Waals surface area contributed by atoms with E-state index in [1.807, 2.05) is 30.3 Å². The zero-order chi connectivity index (χ0) is 17.5. The number of dihydropyridines is 1. The summed E-state index contributed by atoms with van der Waals surface area (Å²) in [7, 11) is 2.87. The van der Waals surface area contributed by atoms with Crippen LogP contribution in [0, 0.1) is 0 Å². The average molecular weight is 331 g/mol. The molecule has 1 heterocycles. The monoisotopic (exact) mass is 331 g/mol. The van der Waals surface area contributed by atoms with Crippen LogP contribution in [0.1, 0.15) is 25.0 Å². The Kier molecular flexibility index (Phi) is 6.14. The Morgan fingerprint density at radius 1 is 1.17 bits per heavy atom. The highest BCUT2D eigenvalue weighted by Gasteiger charge is 2.24.